The van der Waals surface area contributed by atoms with Crippen molar-refractivity contribution in [3.05, 3.63) is 63.7 Å². The minimum Gasteiger partial charge on any atom is -0.398 e. The monoisotopic (exact) mass is 300 g/mol. The SMILES string of the molecule is Nc1cccc(Cl)c1C(=O)c1ccc2c(c1)C(=O)NCC2. The van der Waals surface area contributed by atoms with E-state index >= 15 is 0 Å². The molecule has 0 atom stereocenters. The lowest BCUT2D eigenvalue weighted by molar-refractivity contribution is 0.0946. The zero-order valence-corrected chi connectivity index (χ0v) is 11.9. The normalized spacial score (nSPS) is 13.5. The second-order valence-corrected chi connectivity index (χ2v) is 5.32. The number of rotatable bonds is 2. The van der Waals surface area contributed by atoms with Crippen molar-refractivity contribution in [1.29, 1.82) is 0 Å². The number of nitrogens with one attached hydrogen (secondary N) is 1. The van der Waals surface area contributed by atoms with Gasteiger partial charge in [0.1, 0.15) is 0 Å². The van der Waals surface area contributed by atoms with Crippen molar-refractivity contribution in [1.82, 2.24) is 5.32 Å². The van der Waals surface area contributed by atoms with Gasteiger partial charge in [0.15, 0.2) is 5.78 Å². The van der Waals surface area contributed by atoms with E-state index in [0.717, 1.165) is 12.0 Å². The van der Waals surface area contributed by atoms with E-state index in [-0.39, 0.29) is 17.3 Å². The molecule has 0 saturated carbocycles. The van der Waals surface area contributed by atoms with Crippen LogP contribution < -0.4 is 11.1 Å². The number of hydrogen-bond acceptors (Lipinski definition) is 3. The van der Waals surface area contributed by atoms with Crippen LogP contribution in [-0.4, -0.2) is 18.2 Å². The zero-order chi connectivity index (χ0) is 15.0. The molecule has 0 aliphatic carbocycles. The number of nitrogen functional groups attached to an aromatic ring is 1. The Labute approximate surface area is 126 Å². The third kappa shape index (κ3) is 2.38. The van der Waals surface area contributed by atoms with E-state index in [0.29, 0.717) is 28.4 Å². The molecule has 2 aromatic rings. The Balaban J connectivity index is 2.07. The van der Waals surface area contributed by atoms with Crippen molar-refractivity contribution in [3.63, 3.8) is 0 Å². The van der Waals surface area contributed by atoms with E-state index in [1.165, 1.54) is 0 Å². The van der Waals surface area contributed by atoms with Gasteiger partial charge in [-0.1, -0.05) is 29.8 Å². The van der Waals surface area contributed by atoms with Gasteiger partial charge < -0.3 is 11.1 Å². The summed E-state index contributed by atoms with van der Waals surface area (Å²) in [6, 6.07) is 10.1. The minimum absolute atomic E-state index is 0.155. The number of nitrogens with two attached hydrogens (primary N) is 1. The van der Waals surface area contributed by atoms with Gasteiger partial charge in [-0.25, -0.2) is 0 Å². The van der Waals surface area contributed by atoms with Crippen molar-refractivity contribution in [2.45, 2.75) is 6.42 Å². The quantitative estimate of drug-likeness (QED) is 0.661. The Morgan fingerprint density at radius 2 is 2.05 bits per heavy atom. The summed E-state index contributed by atoms with van der Waals surface area (Å²) in [6.45, 7) is 0.622. The lowest BCUT2D eigenvalue weighted by atomic mass is 9.94. The summed E-state index contributed by atoms with van der Waals surface area (Å²) in [4.78, 5) is 24.4. The molecule has 0 aromatic heterocycles. The molecule has 4 nitrogen and oxygen atoms in total. The first-order chi connectivity index (χ1) is 10.1. The predicted molar refractivity (Wildman–Crippen MR) is 81.8 cm³/mol. The molecule has 106 valence electrons. The summed E-state index contributed by atoms with van der Waals surface area (Å²) < 4.78 is 0. The number of carbonyl (C=O) groups is 2. The number of amides is 1. The smallest absolute Gasteiger partial charge is 0.251 e. The highest BCUT2D eigenvalue weighted by Crippen LogP contribution is 2.26. The van der Waals surface area contributed by atoms with Crippen LogP contribution in [0.25, 0.3) is 0 Å². The van der Waals surface area contributed by atoms with Crippen LogP contribution in [0.3, 0.4) is 0 Å². The van der Waals surface area contributed by atoms with Crippen LogP contribution in [0.2, 0.25) is 5.02 Å². The van der Waals surface area contributed by atoms with E-state index in [9.17, 15) is 9.59 Å². The second-order valence-electron chi connectivity index (χ2n) is 4.91. The van der Waals surface area contributed by atoms with Crippen molar-refractivity contribution in [2.24, 2.45) is 0 Å². The molecule has 3 N–H and O–H groups in total. The third-order valence-corrected chi connectivity index (χ3v) is 3.88. The van der Waals surface area contributed by atoms with E-state index in [4.69, 9.17) is 17.3 Å². The molecular formula is C16H13ClN2O2. The van der Waals surface area contributed by atoms with Crippen LogP contribution in [0.15, 0.2) is 36.4 Å². The van der Waals surface area contributed by atoms with Crippen molar-refractivity contribution < 1.29 is 9.59 Å². The molecule has 3 rings (SSSR count). The van der Waals surface area contributed by atoms with Gasteiger partial charge in [0.2, 0.25) is 0 Å². The lowest BCUT2D eigenvalue weighted by Crippen LogP contribution is -2.32. The summed E-state index contributed by atoms with van der Waals surface area (Å²) in [5.74, 6) is -0.433. The first kappa shape index (κ1) is 13.6. The molecule has 21 heavy (non-hydrogen) atoms. The molecule has 2 aromatic carbocycles. The first-order valence-corrected chi connectivity index (χ1v) is 6.95. The fourth-order valence-electron chi connectivity index (χ4n) is 2.48. The maximum absolute atomic E-state index is 12.6. The standard InChI is InChI=1S/C16H13ClN2O2/c17-12-2-1-3-13(18)14(12)15(20)10-5-4-9-6-7-19-16(21)11(9)8-10/h1-5,8H,6-7,18H2,(H,19,21). The summed E-state index contributed by atoms with van der Waals surface area (Å²) in [5.41, 5.74) is 8.34. The molecule has 1 aliphatic rings. The van der Waals surface area contributed by atoms with Crippen LogP contribution in [0.1, 0.15) is 31.8 Å². The number of ketones is 1. The number of fused-ring (bicyclic) bond motifs is 1. The van der Waals surface area contributed by atoms with Crippen LogP contribution in [0, 0.1) is 0 Å². The molecule has 0 saturated heterocycles. The molecule has 0 unspecified atom stereocenters. The number of hydrogen-bond donors (Lipinski definition) is 2. The topological polar surface area (TPSA) is 72.2 Å². The summed E-state index contributed by atoms with van der Waals surface area (Å²) in [7, 11) is 0. The number of carbonyl (C=O) groups excluding carboxylic acids is 2. The van der Waals surface area contributed by atoms with Gasteiger partial charge in [-0.15, -0.1) is 0 Å². The van der Waals surface area contributed by atoms with E-state index < -0.39 is 0 Å². The van der Waals surface area contributed by atoms with E-state index in [2.05, 4.69) is 5.32 Å². The van der Waals surface area contributed by atoms with Crippen LogP contribution in [0.5, 0.6) is 0 Å². The fourth-order valence-corrected chi connectivity index (χ4v) is 2.75. The molecular weight excluding hydrogens is 288 g/mol. The number of halogens is 1. The first-order valence-electron chi connectivity index (χ1n) is 6.58. The van der Waals surface area contributed by atoms with Crippen molar-refractivity contribution >= 4 is 29.0 Å². The molecule has 1 heterocycles. The highest BCUT2D eigenvalue weighted by atomic mass is 35.5. The zero-order valence-electron chi connectivity index (χ0n) is 11.2. The Morgan fingerprint density at radius 1 is 1.24 bits per heavy atom. The van der Waals surface area contributed by atoms with Gasteiger partial charge in [-0.05, 0) is 30.2 Å². The molecule has 1 aliphatic heterocycles. The molecule has 0 bridgehead atoms. The molecule has 1 amide bonds. The average molecular weight is 301 g/mol. The Morgan fingerprint density at radius 3 is 2.81 bits per heavy atom. The maximum Gasteiger partial charge on any atom is 0.251 e. The van der Waals surface area contributed by atoms with Crippen LogP contribution in [-0.2, 0) is 6.42 Å². The average Bonchev–Trinajstić information content (AvgIpc) is 2.47. The van der Waals surface area contributed by atoms with E-state index in [1.54, 1.807) is 30.3 Å². The van der Waals surface area contributed by atoms with Gasteiger partial charge in [-0.2, -0.15) is 0 Å². The maximum atomic E-state index is 12.6. The van der Waals surface area contributed by atoms with Gasteiger partial charge in [0.25, 0.3) is 5.91 Å². The molecule has 0 fully saturated rings. The molecule has 0 radical (unpaired) electrons. The Kier molecular flexibility index (Phi) is 3.39. The summed E-state index contributed by atoms with van der Waals surface area (Å²) in [5, 5.41) is 3.07. The largest absolute Gasteiger partial charge is 0.398 e. The lowest BCUT2D eigenvalue weighted by Gasteiger charge is -2.17. The van der Waals surface area contributed by atoms with Gasteiger partial charge >= 0.3 is 0 Å². The Bertz CT molecular complexity index is 736. The van der Waals surface area contributed by atoms with Crippen LogP contribution in [0.4, 0.5) is 5.69 Å². The summed E-state index contributed by atoms with van der Waals surface area (Å²) >= 11 is 6.07. The Hall–Kier alpha value is -2.33. The summed E-state index contributed by atoms with van der Waals surface area (Å²) in [6.07, 6.45) is 0.768. The highest BCUT2D eigenvalue weighted by molar-refractivity contribution is 6.36. The number of anilines is 1. The van der Waals surface area contributed by atoms with Crippen molar-refractivity contribution in [2.75, 3.05) is 12.3 Å². The van der Waals surface area contributed by atoms with Gasteiger partial charge in [0, 0.05) is 23.4 Å². The van der Waals surface area contributed by atoms with Gasteiger partial charge in [-0.3, -0.25) is 9.59 Å². The van der Waals surface area contributed by atoms with Crippen molar-refractivity contribution in [3.8, 4) is 0 Å². The molecule has 0 spiro atoms. The second kappa shape index (κ2) is 5.22. The van der Waals surface area contributed by atoms with E-state index in [1.807, 2.05) is 6.07 Å². The molecule has 5 heteroatoms. The minimum atomic E-state index is -0.278. The van der Waals surface area contributed by atoms with Crippen LogP contribution >= 0.6 is 11.6 Å². The highest BCUT2D eigenvalue weighted by Gasteiger charge is 2.21. The predicted octanol–water partition coefficient (Wildman–Crippen LogP) is 2.44. The van der Waals surface area contributed by atoms with Gasteiger partial charge in [0.05, 0.1) is 10.6 Å². The third-order valence-electron chi connectivity index (χ3n) is 3.57. The number of benzene rings is 2. The fraction of sp³-hybridized carbons (Fsp3) is 0.125.